The molecule has 0 saturated heterocycles. The molecule has 0 amide bonds. The van der Waals surface area contributed by atoms with Crippen molar-refractivity contribution in [1.29, 1.82) is 0 Å². The van der Waals surface area contributed by atoms with E-state index in [1.54, 1.807) is 26.0 Å². The molecular formula is C14H19NO5. The number of hydrogen-bond acceptors (Lipinski definition) is 5. The lowest BCUT2D eigenvalue weighted by atomic mass is 10.2. The van der Waals surface area contributed by atoms with Crippen LogP contribution in [0.4, 0.5) is 5.69 Å². The van der Waals surface area contributed by atoms with Gasteiger partial charge >= 0.3 is 11.7 Å². The Hall–Kier alpha value is -2.11. The van der Waals surface area contributed by atoms with Gasteiger partial charge in [-0.2, -0.15) is 0 Å². The molecule has 0 N–H and O–H groups in total. The average molecular weight is 281 g/mol. The van der Waals surface area contributed by atoms with Crippen molar-refractivity contribution >= 4 is 11.7 Å². The third-order valence-electron chi connectivity index (χ3n) is 2.68. The quantitative estimate of drug-likeness (QED) is 0.436. The molecule has 0 aliphatic heterocycles. The number of aryl methyl sites for hydroxylation is 1. The summed E-state index contributed by atoms with van der Waals surface area (Å²) >= 11 is 0. The summed E-state index contributed by atoms with van der Waals surface area (Å²) in [6, 6.07) is 4.56. The van der Waals surface area contributed by atoms with Gasteiger partial charge in [-0.05, 0) is 31.9 Å². The maximum atomic E-state index is 11.8. The molecule has 0 aromatic heterocycles. The first-order chi connectivity index (χ1) is 9.49. The standard InChI is InChI=1S/C14H19NO5/c1-4-6-12(14(16)19-5-2)20-13-9-10(3)7-8-11(13)15(17)18/h7-9,12H,4-6H2,1-3H3. The third kappa shape index (κ3) is 4.22. The van der Waals surface area contributed by atoms with Crippen molar-refractivity contribution in [3.05, 3.63) is 33.9 Å². The van der Waals surface area contributed by atoms with E-state index in [9.17, 15) is 14.9 Å². The molecule has 1 aromatic carbocycles. The van der Waals surface area contributed by atoms with Gasteiger partial charge in [0.1, 0.15) is 0 Å². The summed E-state index contributed by atoms with van der Waals surface area (Å²) in [6.07, 6.45) is 0.341. The van der Waals surface area contributed by atoms with E-state index in [0.717, 1.165) is 5.56 Å². The van der Waals surface area contributed by atoms with E-state index in [1.165, 1.54) is 6.07 Å². The summed E-state index contributed by atoms with van der Waals surface area (Å²) in [5.41, 5.74) is 0.672. The van der Waals surface area contributed by atoms with Crippen LogP contribution < -0.4 is 4.74 Å². The minimum absolute atomic E-state index is 0.0986. The van der Waals surface area contributed by atoms with Crippen LogP contribution in [-0.2, 0) is 9.53 Å². The Morgan fingerprint density at radius 2 is 2.10 bits per heavy atom. The van der Waals surface area contributed by atoms with Crippen molar-refractivity contribution in [2.24, 2.45) is 0 Å². The molecule has 0 aliphatic rings. The zero-order valence-corrected chi connectivity index (χ0v) is 11.9. The van der Waals surface area contributed by atoms with E-state index in [2.05, 4.69) is 0 Å². The number of ether oxygens (including phenoxy) is 2. The molecule has 0 fully saturated rings. The van der Waals surface area contributed by atoms with Gasteiger partial charge < -0.3 is 9.47 Å². The van der Waals surface area contributed by atoms with E-state index in [0.29, 0.717) is 12.8 Å². The lowest BCUT2D eigenvalue weighted by molar-refractivity contribution is -0.386. The topological polar surface area (TPSA) is 78.7 Å². The van der Waals surface area contributed by atoms with Crippen LogP contribution in [0.5, 0.6) is 5.75 Å². The molecule has 1 aromatic rings. The van der Waals surface area contributed by atoms with Crippen molar-refractivity contribution in [2.75, 3.05) is 6.61 Å². The average Bonchev–Trinajstić information content (AvgIpc) is 2.38. The maximum Gasteiger partial charge on any atom is 0.347 e. The van der Waals surface area contributed by atoms with Crippen LogP contribution in [0.1, 0.15) is 32.3 Å². The SMILES string of the molecule is CCCC(Oc1cc(C)ccc1[N+](=O)[O-])C(=O)OCC. The lowest BCUT2D eigenvalue weighted by Crippen LogP contribution is -2.29. The summed E-state index contributed by atoms with van der Waals surface area (Å²) < 4.78 is 10.5. The largest absolute Gasteiger partial charge is 0.472 e. The van der Waals surface area contributed by atoms with Crippen molar-refractivity contribution in [3.8, 4) is 5.75 Å². The molecule has 1 atom stereocenters. The summed E-state index contributed by atoms with van der Waals surface area (Å²) in [7, 11) is 0. The number of nitro benzene ring substituents is 1. The number of nitrogens with zero attached hydrogens (tertiary/aromatic N) is 1. The zero-order valence-electron chi connectivity index (χ0n) is 11.9. The number of hydrogen-bond donors (Lipinski definition) is 0. The maximum absolute atomic E-state index is 11.8. The number of carbonyl (C=O) groups excluding carboxylic acids is 1. The Balaban J connectivity index is 3.00. The molecule has 0 heterocycles. The van der Waals surface area contributed by atoms with Gasteiger partial charge in [0.25, 0.3) is 0 Å². The van der Waals surface area contributed by atoms with Crippen LogP contribution in [0, 0.1) is 17.0 Å². The Bertz CT molecular complexity index is 486. The fraction of sp³-hybridized carbons (Fsp3) is 0.500. The predicted molar refractivity (Wildman–Crippen MR) is 73.8 cm³/mol. The van der Waals surface area contributed by atoms with Gasteiger partial charge in [-0.25, -0.2) is 4.79 Å². The zero-order chi connectivity index (χ0) is 15.1. The second-order valence-electron chi connectivity index (χ2n) is 4.38. The van der Waals surface area contributed by atoms with Gasteiger partial charge in [-0.15, -0.1) is 0 Å². The molecule has 20 heavy (non-hydrogen) atoms. The molecule has 1 unspecified atom stereocenters. The Labute approximate surface area is 117 Å². The van der Waals surface area contributed by atoms with Crippen LogP contribution in [0.3, 0.4) is 0 Å². The summed E-state index contributed by atoms with van der Waals surface area (Å²) in [5, 5.41) is 11.0. The van der Waals surface area contributed by atoms with Crippen LogP contribution in [0.15, 0.2) is 18.2 Å². The van der Waals surface area contributed by atoms with E-state index < -0.39 is 17.0 Å². The van der Waals surface area contributed by atoms with Crippen LogP contribution in [-0.4, -0.2) is 23.6 Å². The van der Waals surface area contributed by atoms with Crippen molar-refractivity contribution in [3.63, 3.8) is 0 Å². The Morgan fingerprint density at radius 3 is 2.65 bits per heavy atom. The predicted octanol–water partition coefficient (Wildman–Crippen LogP) is 3.01. The molecule has 0 radical (unpaired) electrons. The first-order valence-electron chi connectivity index (χ1n) is 6.57. The van der Waals surface area contributed by atoms with Crippen LogP contribution in [0.2, 0.25) is 0 Å². The normalized spacial score (nSPS) is 11.8. The highest BCUT2D eigenvalue weighted by Crippen LogP contribution is 2.29. The van der Waals surface area contributed by atoms with Crippen molar-refractivity contribution < 1.29 is 19.2 Å². The number of rotatable bonds is 7. The molecule has 0 spiro atoms. The lowest BCUT2D eigenvalue weighted by Gasteiger charge is -2.17. The molecule has 0 saturated carbocycles. The summed E-state index contributed by atoms with van der Waals surface area (Å²) in [5.74, 6) is -0.397. The molecule has 1 rings (SSSR count). The van der Waals surface area contributed by atoms with Crippen LogP contribution in [0.25, 0.3) is 0 Å². The molecule has 110 valence electrons. The molecular weight excluding hydrogens is 262 g/mol. The number of nitro groups is 1. The monoisotopic (exact) mass is 281 g/mol. The van der Waals surface area contributed by atoms with E-state index in [1.807, 2.05) is 6.92 Å². The second-order valence-corrected chi connectivity index (χ2v) is 4.38. The van der Waals surface area contributed by atoms with E-state index in [-0.39, 0.29) is 18.0 Å². The van der Waals surface area contributed by atoms with Gasteiger partial charge in [-0.1, -0.05) is 19.4 Å². The highest BCUT2D eigenvalue weighted by molar-refractivity contribution is 5.75. The molecule has 6 heteroatoms. The van der Waals surface area contributed by atoms with Gasteiger partial charge in [-0.3, -0.25) is 10.1 Å². The third-order valence-corrected chi connectivity index (χ3v) is 2.68. The minimum atomic E-state index is -0.819. The van der Waals surface area contributed by atoms with Crippen LogP contribution >= 0.6 is 0 Å². The van der Waals surface area contributed by atoms with E-state index in [4.69, 9.17) is 9.47 Å². The first-order valence-corrected chi connectivity index (χ1v) is 6.57. The fourth-order valence-corrected chi connectivity index (χ4v) is 1.74. The first kappa shape index (κ1) is 15.9. The minimum Gasteiger partial charge on any atom is -0.472 e. The summed E-state index contributed by atoms with van der Waals surface area (Å²) in [6.45, 7) is 5.66. The van der Waals surface area contributed by atoms with Gasteiger partial charge in [0, 0.05) is 6.07 Å². The van der Waals surface area contributed by atoms with Gasteiger partial charge in [0.05, 0.1) is 11.5 Å². The number of esters is 1. The number of carbonyl (C=O) groups is 1. The van der Waals surface area contributed by atoms with Gasteiger partial charge in [0.2, 0.25) is 0 Å². The Kier molecular flexibility index (Phi) is 5.96. The fourth-order valence-electron chi connectivity index (χ4n) is 1.74. The molecule has 6 nitrogen and oxygen atoms in total. The van der Waals surface area contributed by atoms with Crippen molar-refractivity contribution in [1.82, 2.24) is 0 Å². The van der Waals surface area contributed by atoms with E-state index >= 15 is 0 Å². The Morgan fingerprint density at radius 1 is 1.40 bits per heavy atom. The smallest absolute Gasteiger partial charge is 0.347 e. The molecule has 0 bridgehead atoms. The number of benzene rings is 1. The highest BCUT2D eigenvalue weighted by atomic mass is 16.6. The van der Waals surface area contributed by atoms with Gasteiger partial charge in [0.15, 0.2) is 11.9 Å². The van der Waals surface area contributed by atoms with Crippen molar-refractivity contribution in [2.45, 2.75) is 39.7 Å². The second kappa shape index (κ2) is 7.47. The highest BCUT2D eigenvalue weighted by Gasteiger charge is 2.25. The summed E-state index contributed by atoms with van der Waals surface area (Å²) in [4.78, 5) is 22.2. The molecule has 0 aliphatic carbocycles.